The standard InChI is InChI=1S/C26H23ClF2N4O6/c1-3-25-19(34)11-37-26(25,4-2)20(12-38-25)39-24-31-18-9-15(27)22(32-23(18)33-24)30-10-14-16(28)7-13(8-17(14)29)5-6-21(35)36/h3-9,19-20,34H,1-2,10-12H2,(H,35,36)(H2,30,31,32,33)/b6-5+/t19-,20-,25-,26-/m1/s1. The molecule has 39 heavy (non-hydrogen) atoms. The second-order valence-electron chi connectivity index (χ2n) is 8.96. The molecule has 0 spiro atoms. The number of aliphatic hydroxyl groups excluding tert-OH is 1. The van der Waals surface area contributed by atoms with Crippen LogP contribution in [0, 0.1) is 11.6 Å². The largest absolute Gasteiger partial charge is 0.478 e. The zero-order valence-electron chi connectivity index (χ0n) is 20.3. The van der Waals surface area contributed by atoms with E-state index in [4.69, 9.17) is 30.9 Å². The number of pyridine rings is 1. The highest BCUT2D eigenvalue weighted by Gasteiger charge is 2.69. The molecule has 1 aromatic carbocycles. The van der Waals surface area contributed by atoms with Crippen LogP contribution >= 0.6 is 11.6 Å². The lowest BCUT2D eigenvalue weighted by Gasteiger charge is -2.36. The Kier molecular flexibility index (Phi) is 6.89. The molecule has 10 nitrogen and oxygen atoms in total. The normalized spacial score (nSPS) is 26.2. The SMILES string of the molecule is C=C[C@]12OC[C@@H](Oc3nc4nc(NCc5c(F)cc(/C=C/C(=O)O)cc5F)c(Cl)cc4[nH]3)[C@@]1(C=C)OC[C@H]2O. The summed E-state index contributed by atoms with van der Waals surface area (Å²) in [5.41, 5.74) is -2.00. The number of benzene rings is 1. The molecular formula is C26H23ClF2N4O6. The maximum atomic E-state index is 14.5. The van der Waals surface area contributed by atoms with E-state index in [0.29, 0.717) is 5.52 Å². The molecule has 0 radical (unpaired) electrons. The minimum atomic E-state index is -1.24. The molecule has 13 heteroatoms. The van der Waals surface area contributed by atoms with Gasteiger partial charge in [0, 0.05) is 18.2 Å². The van der Waals surface area contributed by atoms with E-state index in [1.807, 2.05) is 0 Å². The molecule has 0 unspecified atom stereocenters. The Bertz CT molecular complexity index is 1490. The van der Waals surface area contributed by atoms with E-state index in [-0.39, 0.29) is 53.4 Å². The molecule has 4 atom stereocenters. The zero-order valence-corrected chi connectivity index (χ0v) is 21.0. The predicted molar refractivity (Wildman–Crippen MR) is 137 cm³/mol. The van der Waals surface area contributed by atoms with Gasteiger partial charge in [0.05, 0.1) is 23.8 Å². The smallest absolute Gasteiger partial charge is 0.328 e. The first-order valence-electron chi connectivity index (χ1n) is 11.7. The molecule has 4 heterocycles. The fourth-order valence-electron chi connectivity index (χ4n) is 4.87. The van der Waals surface area contributed by atoms with Crippen molar-refractivity contribution in [3.05, 3.63) is 77.4 Å². The zero-order chi connectivity index (χ0) is 27.9. The summed E-state index contributed by atoms with van der Waals surface area (Å²) in [5, 5.41) is 22.1. The van der Waals surface area contributed by atoms with Gasteiger partial charge in [0.15, 0.2) is 23.0 Å². The number of H-pyrrole nitrogens is 1. The van der Waals surface area contributed by atoms with Crippen molar-refractivity contribution < 1.29 is 38.0 Å². The summed E-state index contributed by atoms with van der Waals surface area (Å²) >= 11 is 6.34. The average Bonchev–Trinajstić information content (AvgIpc) is 3.52. The van der Waals surface area contributed by atoms with Crippen LogP contribution in [0.2, 0.25) is 5.02 Å². The number of anilines is 1. The first-order chi connectivity index (χ1) is 18.6. The van der Waals surface area contributed by atoms with E-state index in [0.717, 1.165) is 24.3 Å². The molecule has 2 aliphatic rings. The van der Waals surface area contributed by atoms with E-state index in [9.17, 15) is 18.7 Å². The maximum absolute atomic E-state index is 14.5. The van der Waals surface area contributed by atoms with E-state index in [1.165, 1.54) is 18.2 Å². The van der Waals surface area contributed by atoms with Crippen LogP contribution in [0.3, 0.4) is 0 Å². The summed E-state index contributed by atoms with van der Waals surface area (Å²) in [5.74, 6) is -2.86. The molecule has 5 rings (SSSR count). The highest BCUT2D eigenvalue weighted by molar-refractivity contribution is 6.33. The number of carboxylic acid groups (broad SMARTS) is 1. The monoisotopic (exact) mass is 560 g/mol. The molecule has 204 valence electrons. The van der Waals surface area contributed by atoms with Crippen LogP contribution in [0.5, 0.6) is 6.01 Å². The quantitative estimate of drug-likeness (QED) is 0.228. The fourth-order valence-corrected chi connectivity index (χ4v) is 5.09. The second kappa shape index (κ2) is 10.0. The number of aliphatic hydroxyl groups is 1. The van der Waals surface area contributed by atoms with Crippen molar-refractivity contribution in [2.75, 3.05) is 18.5 Å². The molecule has 2 aromatic heterocycles. The summed E-state index contributed by atoms with van der Waals surface area (Å²) in [6, 6.07) is 3.64. The Morgan fingerprint density at radius 1 is 1.21 bits per heavy atom. The summed E-state index contributed by atoms with van der Waals surface area (Å²) in [4.78, 5) is 22.3. The fraction of sp³-hybridized carbons (Fsp3) is 0.269. The van der Waals surface area contributed by atoms with Gasteiger partial charge >= 0.3 is 5.97 Å². The number of ether oxygens (including phenoxy) is 3. The Balaban J connectivity index is 1.35. The molecule has 4 N–H and O–H groups in total. The Morgan fingerprint density at radius 3 is 2.56 bits per heavy atom. The van der Waals surface area contributed by atoms with Gasteiger partial charge in [-0.25, -0.2) is 18.6 Å². The second-order valence-corrected chi connectivity index (χ2v) is 9.37. The summed E-state index contributed by atoms with van der Waals surface area (Å²) in [6.45, 7) is 7.41. The van der Waals surface area contributed by atoms with Crippen LogP contribution in [-0.4, -0.2) is 67.8 Å². The van der Waals surface area contributed by atoms with Gasteiger partial charge in [0.1, 0.15) is 23.6 Å². The first-order valence-corrected chi connectivity index (χ1v) is 12.1. The lowest BCUT2D eigenvalue weighted by Crippen LogP contribution is -2.56. The third kappa shape index (κ3) is 4.44. The number of hydrogen-bond donors (Lipinski definition) is 4. The molecule has 2 aliphatic heterocycles. The topological polar surface area (TPSA) is 139 Å². The van der Waals surface area contributed by atoms with Gasteiger partial charge in [-0.15, -0.1) is 6.58 Å². The van der Waals surface area contributed by atoms with Gasteiger partial charge in [-0.05, 0) is 29.8 Å². The highest BCUT2D eigenvalue weighted by Crippen LogP contribution is 2.49. The minimum Gasteiger partial charge on any atom is -0.478 e. The van der Waals surface area contributed by atoms with Crippen LogP contribution in [-0.2, 0) is 20.8 Å². The Morgan fingerprint density at radius 2 is 1.90 bits per heavy atom. The Hall–Kier alpha value is -3.84. The highest BCUT2D eigenvalue weighted by atomic mass is 35.5. The lowest BCUT2D eigenvalue weighted by molar-refractivity contribution is -0.131. The number of aliphatic carboxylic acids is 1. The average molecular weight is 561 g/mol. The third-order valence-electron chi connectivity index (χ3n) is 6.82. The molecule has 2 fully saturated rings. The van der Waals surface area contributed by atoms with Gasteiger partial charge in [-0.2, -0.15) is 4.98 Å². The third-order valence-corrected chi connectivity index (χ3v) is 7.11. The van der Waals surface area contributed by atoms with E-state index < -0.39 is 41.0 Å². The number of imidazole rings is 1. The predicted octanol–water partition coefficient (Wildman–Crippen LogP) is 3.62. The van der Waals surface area contributed by atoms with Crippen LogP contribution in [0.4, 0.5) is 14.6 Å². The van der Waals surface area contributed by atoms with Crippen LogP contribution < -0.4 is 10.1 Å². The van der Waals surface area contributed by atoms with Crippen molar-refractivity contribution in [1.82, 2.24) is 15.0 Å². The summed E-state index contributed by atoms with van der Waals surface area (Å²) in [7, 11) is 0. The lowest BCUT2D eigenvalue weighted by atomic mass is 9.79. The van der Waals surface area contributed by atoms with E-state index in [2.05, 4.69) is 33.4 Å². The van der Waals surface area contributed by atoms with Crippen molar-refractivity contribution >= 4 is 40.6 Å². The molecule has 3 aromatic rings. The van der Waals surface area contributed by atoms with Gasteiger partial charge in [-0.3, -0.25) is 0 Å². The molecule has 0 saturated carbocycles. The molecule has 0 bridgehead atoms. The van der Waals surface area contributed by atoms with Gasteiger partial charge in [0.2, 0.25) is 0 Å². The molecular weight excluding hydrogens is 538 g/mol. The van der Waals surface area contributed by atoms with Crippen molar-refractivity contribution in [3.8, 4) is 6.01 Å². The molecule has 0 amide bonds. The number of aromatic nitrogens is 3. The number of hydrogen-bond acceptors (Lipinski definition) is 8. The van der Waals surface area contributed by atoms with Crippen LogP contribution in [0.25, 0.3) is 17.2 Å². The summed E-state index contributed by atoms with van der Waals surface area (Å²) in [6.07, 6.45) is 3.19. The van der Waals surface area contributed by atoms with Crippen molar-refractivity contribution in [1.29, 1.82) is 0 Å². The summed E-state index contributed by atoms with van der Waals surface area (Å²) < 4.78 is 46.8. The van der Waals surface area contributed by atoms with Gasteiger partial charge < -0.3 is 34.7 Å². The number of rotatable bonds is 9. The van der Waals surface area contributed by atoms with Crippen LogP contribution in [0.1, 0.15) is 11.1 Å². The number of carboxylic acids is 1. The maximum Gasteiger partial charge on any atom is 0.328 e. The number of nitrogens with one attached hydrogen (secondary N) is 2. The van der Waals surface area contributed by atoms with E-state index >= 15 is 0 Å². The molecule has 2 saturated heterocycles. The minimum absolute atomic E-state index is 0.00712. The van der Waals surface area contributed by atoms with Crippen molar-refractivity contribution in [3.63, 3.8) is 0 Å². The molecule has 0 aliphatic carbocycles. The van der Waals surface area contributed by atoms with Gasteiger partial charge in [0.25, 0.3) is 6.01 Å². The van der Waals surface area contributed by atoms with Crippen molar-refractivity contribution in [2.24, 2.45) is 0 Å². The first kappa shape index (κ1) is 26.8. The number of carbonyl (C=O) groups is 1. The van der Waals surface area contributed by atoms with Crippen molar-refractivity contribution in [2.45, 2.75) is 30.0 Å². The number of aromatic amines is 1. The van der Waals surface area contributed by atoms with Crippen LogP contribution in [0.15, 0.2) is 49.6 Å². The van der Waals surface area contributed by atoms with Gasteiger partial charge in [-0.1, -0.05) is 30.3 Å². The number of nitrogens with zero attached hydrogens (tertiary/aromatic N) is 2. The van der Waals surface area contributed by atoms with E-state index in [1.54, 1.807) is 0 Å². The Labute approximate surface area is 225 Å². The number of fused-ring (bicyclic) bond motifs is 2. The number of halogens is 3.